The first-order valence-corrected chi connectivity index (χ1v) is 9.36. The number of aryl methyl sites for hydroxylation is 2. The van der Waals surface area contributed by atoms with Gasteiger partial charge in [0.1, 0.15) is 6.17 Å². The predicted octanol–water partition coefficient (Wildman–Crippen LogP) is 3.36. The van der Waals surface area contributed by atoms with Crippen molar-refractivity contribution in [1.82, 2.24) is 4.90 Å². The van der Waals surface area contributed by atoms with Gasteiger partial charge in [-0.15, -0.1) is 0 Å². The molecule has 5 nitrogen and oxygen atoms in total. The Bertz CT molecular complexity index is 923. The van der Waals surface area contributed by atoms with Crippen molar-refractivity contribution in [3.63, 3.8) is 0 Å². The van der Waals surface area contributed by atoms with Gasteiger partial charge in [-0.1, -0.05) is 35.4 Å². The lowest BCUT2D eigenvalue weighted by molar-refractivity contribution is -0.144. The van der Waals surface area contributed by atoms with Gasteiger partial charge in [-0.2, -0.15) is 0 Å². The average Bonchev–Trinajstić information content (AvgIpc) is 2.80. The molecule has 0 saturated heterocycles. The Morgan fingerprint density at radius 2 is 1.44 bits per heavy atom. The average molecular weight is 363 g/mol. The van der Waals surface area contributed by atoms with Crippen molar-refractivity contribution in [1.29, 1.82) is 0 Å². The number of imide groups is 1. The minimum Gasteiger partial charge on any atom is -0.363 e. The van der Waals surface area contributed by atoms with Crippen LogP contribution in [0.4, 0.5) is 11.4 Å². The molecule has 140 valence electrons. The number of anilines is 2. The second-order valence-corrected chi connectivity index (χ2v) is 7.66. The molecule has 2 aromatic carbocycles. The van der Waals surface area contributed by atoms with E-state index in [1.165, 1.54) is 46.7 Å². The van der Waals surface area contributed by atoms with Gasteiger partial charge in [0.2, 0.25) is 11.8 Å². The van der Waals surface area contributed by atoms with Crippen LogP contribution in [0, 0.1) is 13.8 Å². The lowest BCUT2D eigenvalue weighted by Crippen LogP contribution is -2.55. The molecule has 27 heavy (non-hydrogen) atoms. The fourth-order valence-electron chi connectivity index (χ4n) is 4.42. The molecule has 0 fully saturated rings. The minimum atomic E-state index is -0.323. The van der Waals surface area contributed by atoms with Gasteiger partial charge < -0.3 is 9.80 Å². The monoisotopic (exact) mass is 363 g/mol. The first-order chi connectivity index (χ1) is 12.8. The Balaban J connectivity index is 1.91. The zero-order valence-corrected chi connectivity index (χ0v) is 16.3. The number of hydrogen-bond acceptors (Lipinski definition) is 4. The number of benzene rings is 2. The van der Waals surface area contributed by atoms with Crippen molar-refractivity contribution in [2.24, 2.45) is 0 Å². The van der Waals surface area contributed by atoms with E-state index in [0.717, 1.165) is 12.2 Å². The molecule has 0 aliphatic carbocycles. The van der Waals surface area contributed by atoms with Crippen LogP contribution in [0.5, 0.6) is 0 Å². The van der Waals surface area contributed by atoms with Crippen molar-refractivity contribution in [3.05, 3.63) is 58.7 Å². The number of rotatable bonds is 1. The van der Waals surface area contributed by atoms with Crippen LogP contribution in [0.3, 0.4) is 0 Å². The molecule has 2 aliphatic heterocycles. The van der Waals surface area contributed by atoms with Gasteiger partial charge in [0.15, 0.2) is 0 Å². The van der Waals surface area contributed by atoms with Gasteiger partial charge in [0.05, 0.1) is 6.54 Å². The van der Waals surface area contributed by atoms with E-state index in [0.29, 0.717) is 13.1 Å². The molecule has 2 amide bonds. The zero-order chi connectivity index (χ0) is 19.3. The highest BCUT2D eigenvalue weighted by molar-refractivity contribution is 5.94. The summed E-state index contributed by atoms with van der Waals surface area (Å²) in [5.74, 6) is -0.426. The second-order valence-electron chi connectivity index (χ2n) is 7.66. The summed E-state index contributed by atoms with van der Waals surface area (Å²) >= 11 is 0. The van der Waals surface area contributed by atoms with Crippen LogP contribution in [0.25, 0.3) is 0 Å². The highest BCUT2D eigenvalue weighted by Gasteiger charge is 2.38. The lowest BCUT2D eigenvalue weighted by atomic mass is 10.0. The van der Waals surface area contributed by atoms with E-state index in [1.807, 2.05) is 0 Å². The Morgan fingerprint density at radius 1 is 0.889 bits per heavy atom. The Kier molecular flexibility index (Phi) is 4.17. The second kappa shape index (κ2) is 6.41. The van der Waals surface area contributed by atoms with E-state index < -0.39 is 0 Å². The first kappa shape index (κ1) is 17.6. The molecule has 0 spiro atoms. The summed E-state index contributed by atoms with van der Waals surface area (Å²) in [6, 6.07) is 12.9. The molecule has 2 bridgehead atoms. The molecule has 2 aromatic rings. The van der Waals surface area contributed by atoms with Crippen LogP contribution in [-0.2, 0) is 22.7 Å². The molecule has 2 heterocycles. The predicted molar refractivity (Wildman–Crippen MR) is 107 cm³/mol. The summed E-state index contributed by atoms with van der Waals surface area (Å²) < 4.78 is 0. The number of hydrogen-bond donors (Lipinski definition) is 0. The molecule has 0 aromatic heterocycles. The third-order valence-electron chi connectivity index (χ3n) is 5.54. The lowest BCUT2D eigenvalue weighted by Gasteiger charge is -2.37. The maximum absolute atomic E-state index is 12.3. The van der Waals surface area contributed by atoms with E-state index in [1.54, 1.807) is 0 Å². The smallest absolute Gasteiger partial charge is 0.227 e. The quantitative estimate of drug-likeness (QED) is 0.779. The van der Waals surface area contributed by atoms with Crippen LogP contribution < -0.4 is 9.80 Å². The van der Waals surface area contributed by atoms with Crippen molar-refractivity contribution >= 4 is 23.2 Å². The molecular weight excluding hydrogens is 338 g/mol. The fourth-order valence-corrected chi connectivity index (χ4v) is 4.42. The number of fused-ring (bicyclic) bond motifs is 7. The topological polar surface area (TPSA) is 43.9 Å². The number of carbonyl (C=O) groups excluding carboxylic acids is 2. The maximum Gasteiger partial charge on any atom is 0.227 e. The highest BCUT2D eigenvalue weighted by atomic mass is 16.2. The molecule has 4 rings (SSSR count). The molecule has 0 radical (unpaired) electrons. The number of carbonyl (C=O) groups is 2. The molecule has 0 saturated carbocycles. The summed E-state index contributed by atoms with van der Waals surface area (Å²) in [6.45, 7) is 9.17. The molecule has 0 N–H and O–H groups in total. The van der Waals surface area contributed by atoms with Crippen molar-refractivity contribution in [2.75, 3.05) is 16.3 Å². The standard InChI is InChI=1S/C22H25N3O2/c1-14-5-7-20-19(10-14)12-24-21-8-6-15(2)9-18(21)11-23(20)13-22(24)25(16(3)26)17(4)27/h5-10,22H,11-13H2,1-4H3. The van der Waals surface area contributed by atoms with Crippen LogP contribution in [0.15, 0.2) is 36.4 Å². The Labute approximate surface area is 160 Å². The summed E-state index contributed by atoms with van der Waals surface area (Å²) in [5.41, 5.74) is 7.19. The SMILES string of the molecule is CC(=O)N(C(C)=O)C1CN2Cc3cc(C)ccc3N1Cc1cc(C)ccc12. The van der Waals surface area contributed by atoms with Gasteiger partial charge in [0.25, 0.3) is 0 Å². The summed E-state index contributed by atoms with van der Waals surface area (Å²) in [5, 5.41) is 0. The van der Waals surface area contributed by atoms with Crippen LogP contribution in [0.2, 0.25) is 0 Å². The summed E-state index contributed by atoms with van der Waals surface area (Å²) in [4.78, 5) is 30.6. The first-order valence-electron chi connectivity index (χ1n) is 9.36. The molecule has 1 unspecified atom stereocenters. The summed E-state index contributed by atoms with van der Waals surface area (Å²) in [7, 11) is 0. The minimum absolute atomic E-state index is 0.213. The van der Waals surface area contributed by atoms with E-state index >= 15 is 0 Å². The van der Waals surface area contributed by atoms with Gasteiger partial charge in [-0.25, -0.2) is 0 Å². The van der Waals surface area contributed by atoms with E-state index in [-0.39, 0.29) is 18.0 Å². The van der Waals surface area contributed by atoms with E-state index in [4.69, 9.17) is 0 Å². The zero-order valence-electron chi connectivity index (χ0n) is 16.3. The fraction of sp³-hybridized carbons (Fsp3) is 0.364. The van der Waals surface area contributed by atoms with Crippen LogP contribution in [0.1, 0.15) is 36.1 Å². The third kappa shape index (κ3) is 2.97. The molecular formula is C22H25N3O2. The normalized spacial score (nSPS) is 17.7. The van der Waals surface area contributed by atoms with Gasteiger partial charge >= 0.3 is 0 Å². The van der Waals surface area contributed by atoms with E-state index in [9.17, 15) is 9.59 Å². The molecule has 5 heteroatoms. The highest BCUT2D eigenvalue weighted by Crippen LogP contribution is 2.39. The van der Waals surface area contributed by atoms with Gasteiger partial charge in [0, 0.05) is 38.3 Å². The van der Waals surface area contributed by atoms with Gasteiger partial charge in [-0.3, -0.25) is 14.5 Å². The van der Waals surface area contributed by atoms with E-state index in [2.05, 4.69) is 60.0 Å². The maximum atomic E-state index is 12.3. The van der Waals surface area contributed by atoms with Crippen molar-refractivity contribution < 1.29 is 9.59 Å². The van der Waals surface area contributed by atoms with Crippen LogP contribution in [-0.4, -0.2) is 29.4 Å². The Morgan fingerprint density at radius 3 is 2.04 bits per heavy atom. The molecule has 2 aliphatic rings. The number of nitrogens with zero attached hydrogens (tertiary/aromatic N) is 3. The third-order valence-corrected chi connectivity index (χ3v) is 5.54. The number of amides is 2. The summed E-state index contributed by atoms with van der Waals surface area (Å²) in [6.07, 6.45) is -0.323. The largest absolute Gasteiger partial charge is 0.363 e. The van der Waals surface area contributed by atoms with Crippen LogP contribution >= 0.6 is 0 Å². The molecule has 1 atom stereocenters. The Hall–Kier alpha value is -2.82. The van der Waals surface area contributed by atoms with Crippen molar-refractivity contribution in [2.45, 2.75) is 47.0 Å². The van der Waals surface area contributed by atoms with Crippen molar-refractivity contribution in [3.8, 4) is 0 Å². The van der Waals surface area contributed by atoms with Gasteiger partial charge in [-0.05, 0) is 37.1 Å².